The highest BCUT2D eigenvalue weighted by molar-refractivity contribution is 6.67. The molecular formula is C15H7Cl6NO2. The van der Waals surface area contributed by atoms with Gasteiger partial charge in [-0.2, -0.15) is 0 Å². The summed E-state index contributed by atoms with van der Waals surface area (Å²) in [5.74, 6) is -3.31. The number of alkyl halides is 4. The maximum atomic E-state index is 13.0. The number of hydrogen-bond acceptors (Lipinski definition) is 2. The van der Waals surface area contributed by atoms with Gasteiger partial charge in [-0.05, 0) is 12.1 Å². The standard InChI is InChI=1S/C15H7Cl6NO2/c16-9-10(17)14(19)8-7(13(9,18)15(14,20)21)11(23)22(12(8)24)6-4-2-1-3-5-6/h1-5,7-8H/t7-,8+,13-,14-/m1/s1. The van der Waals surface area contributed by atoms with E-state index in [1.165, 1.54) is 0 Å². The first-order chi connectivity index (χ1) is 11.1. The number of carbonyl (C=O) groups excluding carboxylic acids is 2. The highest BCUT2D eigenvalue weighted by Gasteiger charge is 2.87. The van der Waals surface area contributed by atoms with Crippen LogP contribution in [0.4, 0.5) is 5.69 Å². The smallest absolute Gasteiger partial charge is 0.240 e. The van der Waals surface area contributed by atoms with Gasteiger partial charge in [-0.15, -0.1) is 23.2 Å². The normalized spacial score (nSPS) is 39.8. The van der Waals surface area contributed by atoms with Crippen LogP contribution in [0.5, 0.6) is 0 Å². The number of benzene rings is 1. The zero-order valence-corrected chi connectivity index (χ0v) is 16.1. The summed E-state index contributed by atoms with van der Waals surface area (Å²) in [6.07, 6.45) is 0. The first-order valence-corrected chi connectivity index (χ1v) is 9.13. The van der Waals surface area contributed by atoms with Crippen LogP contribution in [0.3, 0.4) is 0 Å². The topological polar surface area (TPSA) is 37.4 Å². The van der Waals surface area contributed by atoms with Crippen molar-refractivity contribution in [2.75, 3.05) is 4.90 Å². The predicted molar refractivity (Wildman–Crippen MR) is 96.3 cm³/mol. The molecule has 1 aliphatic heterocycles. The Bertz CT molecular complexity index is 779. The third kappa shape index (κ3) is 1.57. The molecule has 2 fully saturated rings. The average Bonchev–Trinajstić information content (AvgIpc) is 2.93. The Morgan fingerprint density at radius 3 is 1.62 bits per heavy atom. The Morgan fingerprint density at radius 1 is 0.792 bits per heavy atom. The number of hydrogen-bond donors (Lipinski definition) is 0. The van der Waals surface area contributed by atoms with Crippen LogP contribution in [0, 0.1) is 11.8 Å². The van der Waals surface area contributed by atoms with Crippen LogP contribution in [0.1, 0.15) is 0 Å². The summed E-state index contributed by atoms with van der Waals surface area (Å²) in [6.45, 7) is 0. The Hall–Kier alpha value is -0.160. The minimum Gasteiger partial charge on any atom is -0.274 e. The van der Waals surface area contributed by atoms with E-state index in [9.17, 15) is 9.59 Å². The molecule has 126 valence electrons. The second-order valence-electron chi connectivity index (χ2n) is 5.93. The molecule has 2 bridgehead atoms. The minimum atomic E-state index is -1.90. The van der Waals surface area contributed by atoms with E-state index in [0.717, 1.165) is 4.90 Å². The first-order valence-electron chi connectivity index (χ1n) is 6.86. The fourth-order valence-corrected chi connectivity index (χ4v) is 6.76. The van der Waals surface area contributed by atoms with Crippen LogP contribution >= 0.6 is 69.6 Å². The van der Waals surface area contributed by atoms with Gasteiger partial charge in [0.2, 0.25) is 11.8 Å². The summed E-state index contributed by atoms with van der Waals surface area (Å²) in [5, 5.41) is -0.189. The highest BCUT2D eigenvalue weighted by Crippen LogP contribution is 2.77. The van der Waals surface area contributed by atoms with Gasteiger partial charge in [-0.25, -0.2) is 4.90 Å². The predicted octanol–water partition coefficient (Wildman–Crippen LogP) is 4.64. The van der Waals surface area contributed by atoms with E-state index in [1.54, 1.807) is 30.3 Å². The summed E-state index contributed by atoms with van der Waals surface area (Å²) in [7, 11) is 0. The molecule has 0 unspecified atom stereocenters. The number of fused-ring (bicyclic) bond motifs is 5. The average molecular weight is 446 g/mol. The lowest BCUT2D eigenvalue weighted by molar-refractivity contribution is -0.123. The lowest BCUT2D eigenvalue weighted by atomic mass is 9.84. The van der Waals surface area contributed by atoms with Crippen molar-refractivity contribution in [1.82, 2.24) is 0 Å². The van der Waals surface area contributed by atoms with E-state index in [4.69, 9.17) is 69.6 Å². The van der Waals surface area contributed by atoms with Crippen molar-refractivity contribution < 1.29 is 9.59 Å². The molecular weight excluding hydrogens is 439 g/mol. The van der Waals surface area contributed by atoms with E-state index < -0.39 is 37.7 Å². The molecule has 1 saturated heterocycles. The molecule has 1 saturated carbocycles. The van der Waals surface area contributed by atoms with E-state index in [-0.39, 0.29) is 10.1 Å². The molecule has 1 heterocycles. The molecule has 1 aromatic carbocycles. The van der Waals surface area contributed by atoms with Gasteiger partial charge in [0.1, 0.15) is 9.75 Å². The number of imide groups is 1. The van der Waals surface area contributed by atoms with Crippen molar-refractivity contribution in [3.8, 4) is 0 Å². The number of rotatable bonds is 1. The third-order valence-electron chi connectivity index (χ3n) is 4.92. The van der Waals surface area contributed by atoms with Gasteiger partial charge in [0, 0.05) is 0 Å². The zero-order chi connectivity index (χ0) is 17.7. The summed E-state index contributed by atoms with van der Waals surface area (Å²) in [6, 6.07) is 8.44. The Kier molecular flexibility index (Phi) is 3.57. The van der Waals surface area contributed by atoms with Crippen molar-refractivity contribution in [3.63, 3.8) is 0 Å². The van der Waals surface area contributed by atoms with Crippen LogP contribution in [-0.4, -0.2) is 25.9 Å². The zero-order valence-electron chi connectivity index (χ0n) is 11.6. The van der Waals surface area contributed by atoms with Crippen LogP contribution < -0.4 is 4.90 Å². The molecule has 0 radical (unpaired) electrons. The van der Waals surface area contributed by atoms with Crippen molar-refractivity contribution in [2.24, 2.45) is 11.8 Å². The number of halogens is 6. The second-order valence-corrected chi connectivity index (χ2v) is 9.20. The molecule has 4 atom stereocenters. The number of anilines is 1. The molecule has 0 N–H and O–H groups in total. The number of allylic oxidation sites excluding steroid dienone is 2. The van der Waals surface area contributed by atoms with Gasteiger partial charge < -0.3 is 0 Å². The monoisotopic (exact) mass is 443 g/mol. The molecule has 1 aromatic rings. The number of nitrogens with zero attached hydrogens (tertiary/aromatic N) is 1. The number of amides is 2. The summed E-state index contributed by atoms with van der Waals surface area (Å²) in [4.78, 5) is 23.5. The Labute approximate surface area is 167 Å². The molecule has 24 heavy (non-hydrogen) atoms. The number of para-hydroxylation sites is 1. The second kappa shape index (κ2) is 4.97. The van der Waals surface area contributed by atoms with Crippen molar-refractivity contribution in [2.45, 2.75) is 14.1 Å². The van der Waals surface area contributed by atoms with Gasteiger partial charge in [-0.3, -0.25) is 9.59 Å². The molecule has 2 aliphatic carbocycles. The quantitative estimate of drug-likeness (QED) is 0.466. The van der Waals surface area contributed by atoms with Gasteiger partial charge >= 0.3 is 0 Å². The van der Waals surface area contributed by atoms with E-state index >= 15 is 0 Å². The molecule has 3 aliphatic rings. The summed E-state index contributed by atoms with van der Waals surface area (Å²) in [5.41, 5.74) is 0.406. The lowest BCUT2D eigenvalue weighted by Crippen LogP contribution is -2.50. The Balaban J connectivity index is 1.93. The molecule has 2 amide bonds. The fourth-order valence-electron chi connectivity index (χ4n) is 3.83. The highest BCUT2D eigenvalue weighted by atomic mass is 35.5. The molecule has 4 rings (SSSR count). The maximum absolute atomic E-state index is 13.0. The largest absolute Gasteiger partial charge is 0.274 e. The van der Waals surface area contributed by atoms with Crippen LogP contribution in [0.2, 0.25) is 0 Å². The number of carbonyl (C=O) groups is 2. The Morgan fingerprint density at radius 2 is 1.21 bits per heavy atom. The minimum absolute atomic E-state index is 0.0943. The molecule has 3 nitrogen and oxygen atoms in total. The van der Waals surface area contributed by atoms with E-state index in [1.807, 2.05) is 0 Å². The third-order valence-corrected chi connectivity index (χ3v) is 9.18. The fraction of sp³-hybridized carbons (Fsp3) is 0.333. The van der Waals surface area contributed by atoms with Crippen molar-refractivity contribution in [1.29, 1.82) is 0 Å². The molecule has 0 aromatic heterocycles. The summed E-state index contributed by atoms with van der Waals surface area (Å²) < 4.78 is -1.90. The van der Waals surface area contributed by atoms with E-state index in [2.05, 4.69) is 0 Å². The van der Waals surface area contributed by atoms with Crippen molar-refractivity contribution in [3.05, 3.63) is 40.4 Å². The maximum Gasteiger partial charge on any atom is 0.240 e. The van der Waals surface area contributed by atoms with Gasteiger partial charge in [-0.1, -0.05) is 64.6 Å². The van der Waals surface area contributed by atoms with Gasteiger partial charge in [0.25, 0.3) is 0 Å². The lowest BCUT2D eigenvalue weighted by Gasteiger charge is -2.34. The van der Waals surface area contributed by atoms with Crippen molar-refractivity contribution >= 4 is 87.1 Å². The van der Waals surface area contributed by atoms with Gasteiger partial charge in [0.15, 0.2) is 4.33 Å². The van der Waals surface area contributed by atoms with Gasteiger partial charge in [0.05, 0.1) is 27.6 Å². The van der Waals surface area contributed by atoms with E-state index in [0.29, 0.717) is 5.69 Å². The summed E-state index contributed by atoms with van der Waals surface area (Å²) >= 11 is 38.5. The van der Waals surface area contributed by atoms with Crippen LogP contribution in [0.15, 0.2) is 40.4 Å². The van der Waals surface area contributed by atoms with Crippen LogP contribution in [-0.2, 0) is 9.59 Å². The first kappa shape index (κ1) is 17.3. The SMILES string of the molecule is O=C1[C@@H]2[C@H](C(=O)N1c1ccccc1)[C@@]1(Cl)C(Cl)=C(Cl)[C@@]2(Cl)C1(Cl)Cl. The molecule has 0 spiro atoms. The van der Waals surface area contributed by atoms with Crippen LogP contribution in [0.25, 0.3) is 0 Å². The molecule has 9 heteroatoms.